The smallest absolute Gasteiger partial charge is 0.236 e. The van der Waals surface area contributed by atoms with Crippen LogP contribution in [0.5, 0.6) is 11.5 Å². The van der Waals surface area contributed by atoms with Gasteiger partial charge < -0.3 is 19.3 Å². The van der Waals surface area contributed by atoms with Crippen LogP contribution in [0, 0.1) is 5.82 Å². The lowest BCUT2D eigenvalue weighted by Crippen LogP contribution is -2.52. The van der Waals surface area contributed by atoms with E-state index in [-0.39, 0.29) is 17.8 Å². The Morgan fingerprint density at radius 2 is 1.82 bits per heavy atom. The molecule has 2 aliphatic heterocycles. The molecule has 1 amide bonds. The summed E-state index contributed by atoms with van der Waals surface area (Å²) in [5, 5.41) is 0. The van der Waals surface area contributed by atoms with E-state index >= 15 is 0 Å². The third-order valence-corrected chi connectivity index (χ3v) is 6.16. The molecule has 7 nitrogen and oxygen atoms in total. The van der Waals surface area contributed by atoms with Crippen molar-refractivity contribution in [3.63, 3.8) is 0 Å². The van der Waals surface area contributed by atoms with E-state index in [0.29, 0.717) is 57.1 Å². The number of hydrogen-bond donors (Lipinski definition) is 0. The molecule has 0 spiro atoms. The number of benzene rings is 2. The Bertz CT molecular complexity index is 1010. The Kier molecular flexibility index (Phi) is 7.13. The first-order valence-corrected chi connectivity index (χ1v) is 11.4. The SMILES string of the molecule is CCN(CC(=O)N1CCN(c2ccc(C(C)=O)cc2F)CC1)CC1COc2ccccc2O1. The van der Waals surface area contributed by atoms with Gasteiger partial charge in [0, 0.05) is 38.3 Å². The summed E-state index contributed by atoms with van der Waals surface area (Å²) in [5.74, 6) is 0.969. The number of anilines is 1. The second-order valence-corrected chi connectivity index (χ2v) is 8.42. The number of nitrogens with zero attached hydrogens (tertiary/aromatic N) is 3. The standard InChI is InChI=1S/C25H30FN3O4/c1-3-27(15-20-17-32-23-6-4-5-7-24(23)33-20)16-25(31)29-12-10-28(11-13-29)22-9-8-19(18(2)30)14-21(22)26/h4-9,14,20H,3,10-13,15-17H2,1-2H3. The molecule has 8 heteroatoms. The molecule has 2 aromatic rings. The van der Waals surface area contributed by atoms with E-state index in [1.807, 2.05) is 41.0 Å². The molecular formula is C25H30FN3O4. The Balaban J connectivity index is 1.28. The fourth-order valence-electron chi connectivity index (χ4n) is 4.22. The van der Waals surface area contributed by atoms with Gasteiger partial charge in [-0.1, -0.05) is 19.1 Å². The number of fused-ring (bicyclic) bond motifs is 1. The third kappa shape index (κ3) is 5.45. The Labute approximate surface area is 193 Å². The van der Waals surface area contributed by atoms with Crippen LogP contribution in [-0.4, -0.2) is 80.0 Å². The van der Waals surface area contributed by atoms with Crippen LogP contribution in [0.4, 0.5) is 10.1 Å². The molecule has 0 N–H and O–H groups in total. The second-order valence-electron chi connectivity index (χ2n) is 8.42. The average Bonchev–Trinajstić information content (AvgIpc) is 2.83. The highest BCUT2D eigenvalue weighted by atomic mass is 19.1. The summed E-state index contributed by atoms with van der Waals surface area (Å²) in [4.78, 5) is 30.2. The van der Waals surface area contributed by atoms with Gasteiger partial charge in [0.15, 0.2) is 17.3 Å². The maximum atomic E-state index is 14.5. The summed E-state index contributed by atoms with van der Waals surface area (Å²) in [5.41, 5.74) is 0.831. The Morgan fingerprint density at radius 1 is 1.09 bits per heavy atom. The van der Waals surface area contributed by atoms with Gasteiger partial charge in [-0.3, -0.25) is 14.5 Å². The molecule has 2 aliphatic rings. The van der Waals surface area contributed by atoms with E-state index in [4.69, 9.17) is 9.47 Å². The molecule has 2 aromatic carbocycles. The number of carbonyl (C=O) groups excluding carboxylic acids is 2. The molecule has 0 aliphatic carbocycles. The minimum atomic E-state index is -0.407. The summed E-state index contributed by atoms with van der Waals surface area (Å²) in [6, 6.07) is 12.2. The van der Waals surface area contributed by atoms with Crippen molar-refractivity contribution in [3.05, 3.63) is 53.8 Å². The van der Waals surface area contributed by atoms with Crippen LogP contribution in [0.1, 0.15) is 24.2 Å². The fraction of sp³-hybridized carbons (Fsp3) is 0.440. The van der Waals surface area contributed by atoms with Gasteiger partial charge >= 0.3 is 0 Å². The topological polar surface area (TPSA) is 62.3 Å². The van der Waals surface area contributed by atoms with Gasteiger partial charge in [-0.2, -0.15) is 0 Å². The number of rotatable bonds is 7. The zero-order valence-corrected chi connectivity index (χ0v) is 19.1. The molecule has 0 aromatic heterocycles. The van der Waals surface area contributed by atoms with Crippen molar-refractivity contribution < 1.29 is 23.5 Å². The van der Waals surface area contributed by atoms with Crippen LogP contribution in [0.25, 0.3) is 0 Å². The molecule has 1 fully saturated rings. The first-order chi connectivity index (χ1) is 15.9. The molecule has 1 saturated heterocycles. The zero-order chi connectivity index (χ0) is 23.4. The number of ketones is 1. The van der Waals surface area contributed by atoms with Crippen molar-refractivity contribution >= 4 is 17.4 Å². The van der Waals surface area contributed by atoms with Gasteiger partial charge in [-0.15, -0.1) is 0 Å². The number of halogens is 1. The Morgan fingerprint density at radius 3 is 2.48 bits per heavy atom. The molecule has 2 heterocycles. The number of ether oxygens (including phenoxy) is 2. The van der Waals surface area contributed by atoms with Gasteiger partial charge in [0.25, 0.3) is 0 Å². The number of para-hydroxylation sites is 2. The Hall–Kier alpha value is -3.13. The van der Waals surface area contributed by atoms with Crippen LogP contribution in [-0.2, 0) is 4.79 Å². The van der Waals surface area contributed by atoms with E-state index in [1.165, 1.54) is 13.0 Å². The predicted molar refractivity (Wildman–Crippen MR) is 124 cm³/mol. The lowest BCUT2D eigenvalue weighted by molar-refractivity contribution is -0.133. The van der Waals surface area contributed by atoms with Crippen LogP contribution >= 0.6 is 0 Å². The minimum Gasteiger partial charge on any atom is -0.486 e. The zero-order valence-electron chi connectivity index (χ0n) is 19.1. The predicted octanol–water partition coefficient (Wildman–Crippen LogP) is 2.84. The molecule has 1 unspecified atom stereocenters. The van der Waals surface area contributed by atoms with Gasteiger partial charge in [-0.05, 0) is 43.8 Å². The molecule has 0 saturated carbocycles. The summed E-state index contributed by atoms with van der Waals surface area (Å²) < 4.78 is 26.3. The van der Waals surface area contributed by atoms with E-state index in [2.05, 4.69) is 4.90 Å². The fourth-order valence-corrected chi connectivity index (χ4v) is 4.22. The quantitative estimate of drug-likeness (QED) is 0.599. The third-order valence-electron chi connectivity index (χ3n) is 6.16. The number of Topliss-reactive ketones (excluding diaryl/α,β-unsaturated/α-hetero) is 1. The lowest BCUT2D eigenvalue weighted by Gasteiger charge is -2.37. The van der Waals surface area contributed by atoms with E-state index in [0.717, 1.165) is 18.0 Å². The number of carbonyl (C=O) groups is 2. The van der Waals surface area contributed by atoms with Gasteiger partial charge in [0.2, 0.25) is 5.91 Å². The first kappa shape index (κ1) is 23.0. The number of piperazine rings is 1. The highest BCUT2D eigenvalue weighted by molar-refractivity contribution is 5.94. The average molecular weight is 456 g/mol. The monoisotopic (exact) mass is 455 g/mol. The highest BCUT2D eigenvalue weighted by Crippen LogP contribution is 2.31. The van der Waals surface area contributed by atoms with Crippen LogP contribution in [0.15, 0.2) is 42.5 Å². The number of amides is 1. The molecule has 1 atom stereocenters. The molecule has 33 heavy (non-hydrogen) atoms. The van der Waals surface area contributed by atoms with Crippen LogP contribution in [0.2, 0.25) is 0 Å². The molecular weight excluding hydrogens is 425 g/mol. The normalized spacial score (nSPS) is 17.9. The highest BCUT2D eigenvalue weighted by Gasteiger charge is 2.27. The van der Waals surface area contributed by atoms with E-state index in [1.54, 1.807) is 12.1 Å². The van der Waals surface area contributed by atoms with Crippen LogP contribution in [0.3, 0.4) is 0 Å². The second kappa shape index (κ2) is 10.2. The molecule has 4 rings (SSSR count). The van der Waals surface area contributed by atoms with Crippen LogP contribution < -0.4 is 14.4 Å². The van der Waals surface area contributed by atoms with E-state index < -0.39 is 5.82 Å². The summed E-state index contributed by atoms with van der Waals surface area (Å²) in [6.45, 7) is 7.68. The number of hydrogen-bond acceptors (Lipinski definition) is 6. The van der Waals surface area contributed by atoms with Gasteiger partial charge in [0.05, 0.1) is 12.2 Å². The van der Waals surface area contributed by atoms with Crippen molar-refractivity contribution in [2.75, 3.05) is 57.3 Å². The molecule has 176 valence electrons. The van der Waals surface area contributed by atoms with E-state index in [9.17, 15) is 14.0 Å². The maximum absolute atomic E-state index is 14.5. The summed E-state index contributed by atoms with van der Waals surface area (Å²) in [6.07, 6.45) is -0.134. The molecule has 0 radical (unpaired) electrons. The van der Waals surface area contributed by atoms with Gasteiger partial charge in [0.1, 0.15) is 18.5 Å². The largest absolute Gasteiger partial charge is 0.486 e. The van der Waals surface area contributed by atoms with Gasteiger partial charge in [-0.25, -0.2) is 4.39 Å². The summed E-state index contributed by atoms with van der Waals surface area (Å²) in [7, 11) is 0. The van der Waals surface area contributed by atoms with Crippen molar-refractivity contribution in [3.8, 4) is 11.5 Å². The lowest BCUT2D eigenvalue weighted by atomic mass is 10.1. The molecule has 0 bridgehead atoms. The van der Waals surface area contributed by atoms with Crippen molar-refractivity contribution in [1.82, 2.24) is 9.80 Å². The number of likely N-dealkylation sites (N-methyl/N-ethyl adjacent to an activating group) is 1. The van der Waals surface area contributed by atoms with Crippen molar-refractivity contribution in [1.29, 1.82) is 0 Å². The maximum Gasteiger partial charge on any atom is 0.236 e. The van der Waals surface area contributed by atoms with Crippen molar-refractivity contribution in [2.45, 2.75) is 20.0 Å². The van der Waals surface area contributed by atoms with Crippen molar-refractivity contribution in [2.24, 2.45) is 0 Å². The first-order valence-electron chi connectivity index (χ1n) is 11.4. The summed E-state index contributed by atoms with van der Waals surface area (Å²) >= 11 is 0. The minimum absolute atomic E-state index is 0.0565.